The Hall–Kier alpha value is -2.68. The lowest BCUT2D eigenvalue weighted by Crippen LogP contribution is -2.41. The van der Waals surface area contributed by atoms with Gasteiger partial charge in [0.1, 0.15) is 36.6 Å². The summed E-state index contributed by atoms with van der Waals surface area (Å²) in [4.78, 5) is 71.3. The third-order valence-electron chi connectivity index (χ3n) is 7.47. The van der Waals surface area contributed by atoms with E-state index in [4.69, 9.17) is 39.0 Å². The minimum absolute atomic E-state index is 0.101. The standard InChI is InChI=1S/C20H22Br2N10O14P2/c21-17-25-5-11(27-19(23)29-13(5)35)31(17)15-7(33)9-3(43-15)1-41-47(37,38)46-10-4(2-42-48(39,40)45-9)44-16(8(10)34)32-12-6(26-18(32)22)14(36)30-20(24)28-12/h3-4,7-10,15-16,33-34H,1-2H2,(H,37,38)(H,39,40)(H3,23,27,29,35)(H3,24,28,30,36)/p-2/t3-,4-,7+,8+,9?,10?,15-,16-/m1/s1. The molecule has 0 amide bonds. The summed E-state index contributed by atoms with van der Waals surface area (Å²) in [5, 5.41) is 22.4. The molecule has 4 aromatic heterocycles. The van der Waals surface area contributed by atoms with Crippen LogP contribution in [-0.2, 0) is 36.7 Å². The number of aromatic amines is 2. The molecule has 0 radical (unpaired) electrons. The fraction of sp³-hybridized carbons (Fsp3) is 0.500. The van der Waals surface area contributed by atoms with Gasteiger partial charge in [0, 0.05) is 0 Å². The van der Waals surface area contributed by atoms with Crippen LogP contribution in [0.2, 0.25) is 0 Å². The molecule has 48 heavy (non-hydrogen) atoms. The van der Waals surface area contributed by atoms with Crippen LogP contribution in [0.4, 0.5) is 11.9 Å². The largest absolute Gasteiger partial charge is 0.756 e. The number of nitrogens with one attached hydrogen (secondary N) is 2. The maximum absolute atomic E-state index is 13.1. The van der Waals surface area contributed by atoms with Gasteiger partial charge in [-0.15, -0.1) is 0 Å². The zero-order valence-electron chi connectivity index (χ0n) is 23.3. The lowest BCUT2D eigenvalue weighted by atomic mass is 10.1. The van der Waals surface area contributed by atoms with Crippen LogP contribution in [0.1, 0.15) is 12.5 Å². The van der Waals surface area contributed by atoms with Crippen molar-refractivity contribution in [2.45, 2.75) is 49.1 Å². The number of ether oxygens (including phenoxy) is 2. The molecule has 3 aliphatic heterocycles. The minimum atomic E-state index is -5.41. The number of anilines is 2. The van der Waals surface area contributed by atoms with Crippen LogP contribution in [0.3, 0.4) is 0 Å². The summed E-state index contributed by atoms with van der Waals surface area (Å²) in [5.41, 5.74) is 9.01. The van der Waals surface area contributed by atoms with E-state index in [0.29, 0.717) is 0 Å². The number of rotatable bonds is 2. The molecule has 4 aromatic rings. The molecule has 10 atom stereocenters. The molecule has 0 aliphatic carbocycles. The maximum atomic E-state index is 13.1. The van der Waals surface area contributed by atoms with Crippen molar-refractivity contribution in [1.82, 2.24) is 39.0 Å². The van der Waals surface area contributed by atoms with Crippen molar-refractivity contribution in [1.29, 1.82) is 0 Å². The normalized spacial score (nSPS) is 36.1. The fourth-order valence-corrected chi connectivity index (χ4v) is 8.47. The van der Waals surface area contributed by atoms with E-state index in [1.165, 1.54) is 0 Å². The van der Waals surface area contributed by atoms with E-state index in [-0.39, 0.29) is 43.7 Å². The number of phosphoric acid groups is 2. The van der Waals surface area contributed by atoms with Gasteiger partial charge in [-0.3, -0.25) is 37.8 Å². The Balaban J connectivity index is 1.20. The molecule has 7 rings (SSSR count). The van der Waals surface area contributed by atoms with E-state index in [0.717, 1.165) is 9.13 Å². The molecule has 8 N–H and O–H groups in total. The van der Waals surface area contributed by atoms with Crippen molar-refractivity contribution < 1.29 is 56.7 Å². The third kappa shape index (κ3) is 5.83. The number of fused-ring (bicyclic) bond motifs is 4. The van der Waals surface area contributed by atoms with Gasteiger partial charge in [0.05, 0.1) is 13.2 Å². The van der Waals surface area contributed by atoms with Crippen LogP contribution in [0, 0.1) is 0 Å². The molecule has 0 aromatic carbocycles. The summed E-state index contributed by atoms with van der Waals surface area (Å²) in [6.45, 7) is -1.97. The van der Waals surface area contributed by atoms with Crippen molar-refractivity contribution in [2.75, 3.05) is 24.7 Å². The molecule has 3 fully saturated rings. The predicted molar refractivity (Wildman–Crippen MR) is 157 cm³/mol. The SMILES string of the molecule is Nc1nc2c(nc(Br)n2[C@@H]2O[C@@H]3COP(=O)([O-])OC4[C@@H](COP(=O)([O-])OC3[C@@H]2O)O[C@@H](n2c(Br)nc3c(=O)[nH]c(N)nc32)[C@H]4O)c(=O)[nH]1. The number of H-pyrrole nitrogens is 2. The van der Waals surface area contributed by atoms with E-state index < -0.39 is 89.1 Å². The highest BCUT2D eigenvalue weighted by atomic mass is 79.9. The topological polar surface area (TPSA) is 355 Å². The molecule has 0 spiro atoms. The maximum Gasteiger partial charge on any atom is 0.280 e. The van der Waals surface area contributed by atoms with Crippen LogP contribution >= 0.6 is 47.5 Å². The number of nitrogen functional groups attached to an aromatic ring is 2. The lowest BCUT2D eigenvalue weighted by Gasteiger charge is -2.34. The van der Waals surface area contributed by atoms with Crippen LogP contribution in [0.5, 0.6) is 0 Å². The van der Waals surface area contributed by atoms with Gasteiger partial charge in [-0.2, -0.15) is 9.97 Å². The van der Waals surface area contributed by atoms with Crippen LogP contribution in [0.25, 0.3) is 22.3 Å². The number of aliphatic hydroxyl groups is 2. The summed E-state index contributed by atoms with van der Waals surface area (Å²) in [7, 11) is -10.8. The molecular formula is C20H20Br2N10O14P2-2. The zero-order valence-corrected chi connectivity index (χ0v) is 28.3. The average molecular weight is 846 g/mol. The average Bonchev–Trinajstić information content (AvgIpc) is 3.67. The highest BCUT2D eigenvalue weighted by Crippen LogP contribution is 2.51. The second kappa shape index (κ2) is 12.0. The molecule has 28 heteroatoms. The number of phosphoric ester groups is 2. The van der Waals surface area contributed by atoms with Crippen molar-refractivity contribution in [3.05, 3.63) is 30.2 Å². The first kappa shape index (κ1) is 33.8. The number of imidazole rings is 2. The van der Waals surface area contributed by atoms with Crippen LogP contribution in [0.15, 0.2) is 19.1 Å². The summed E-state index contributed by atoms with van der Waals surface area (Å²) < 4.78 is 59.9. The first-order chi connectivity index (χ1) is 22.5. The van der Waals surface area contributed by atoms with Gasteiger partial charge in [-0.05, 0) is 31.9 Å². The molecule has 24 nitrogen and oxygen atoms in total. The fourth-order valence-electron chi connectivity index (χ4n) is 5.48. The quantitative estimate of drug-likeness (QED) is 0.0877. The van der Waals surface area contributed by atoms with Crippen molar-refractivity contribution in [3.63, 3.8) is 0 Å². The monoisotopic (exact) mass is 844 g/mol. The Bertz CT molecular complexity index is 2010. The van der Waals surface area contributed by atoms with E-state index in [9.17, 15) is 38.7 Å². The van der Waals surface area contributed by atoms with E-state index in [1.807, 2.05) is 0 Å². The molecule has 0 bridgehead atoms. The minimum Gasteiger partial charge on any atom is -0.756 e. The second-order valence-corrected chi connectivity index (χ2v) is 14.6. The first-order valence-corrected chi connectivity index (χ1v) is 17.9. The highest BCUT2D eigenvalue weighted by Gasteiger charge is 2.52. The second-order valence-electron chi connectivity index (χ2n) is 10.5. The van der Waals surface area contributed by atoms with Gasteiger partial charge in [-0.25, -0.2) is 9.97 Å². The van der Waals surface area contributed by atoms with Gasteiger partial charge < -0.3 is 59.0 Å². The van der Waals surface area contributed by atoms with Crippen LogP contribution < -0.4 is 32.4 Å². The zero-order chi connectivity index (χ0) is 34.4. The van der Waals surface area contributed by atoms with Crippen LogP contribution in [-0.4, -0.2) is 99.1 Å². The van der Waals surface area contributed by atoms with Gasteiger partial charge in [0.15, 0.2) is 44.3 Å². The number of aromatic nitrogens is 8. The Morgan fingerprint density at radius 3 is 1.50 bits per heavy atom. The molecule has 260 valence electrons. The van der Waals surface area contributed by atoms with Crippen molar-refractivity contribution >= 4 is 81.7 Å². The van der Waals surface area contributed by atoms with E-state index in [2.05, 4.69) is 61.8 Å². The number of nitrogens with two attached hydrogens (primary N) is 2. The van der Waals surface area contributed by atoms with Gasteiger partial charge in [-0.1, -0.05) is 0 Å². The summed E-state index contributed by atoms with van der Waals surface area (Å²) in [6, 6.07) is 0. The summed E-state index contributed by atoms with van der Waals surface area (Å²) >= 11 is 6.25. The number of aliphatic hydroxyl groups excluding tert-OH is 2. The first-order valence-electron chi connectivity index (χ1n) is 13.3. The van der Waals surface area contributed by atoms with Crippen molar-refractivity contribution in [2.24, 2.45) is 0 Å². The van der Waals surface area contributed by atoms with Gasteiger partial charge in [0.2, 0.25) is 11.9 Å². The number of nitrogens with zero attached hydrogens (tertiary/aromatic N) is 6. The van der Waals surface area contributed by atoms with Gasteiger partial charge in [0.25, 0.3) is 26.8 Å². The number of hydrogen-bond donors (Lipinski definition) is 6. The Kier molecular flexibility index (Phi) is 8.44. The Morgan fingerprint density at radius 1 is 0.750 bits per heavy atom. The smallest absolute Gasteiger partial charge is 0.280 e. The van der Waals surface area contributed by atoms with E-state index >= 15 is 0 Å². The molecule has 3 saturated heterocycles. The van der Waals surface area contributed by atoms with Crippen molar-refractivity contribution in [3.8, 4) is 0 Å². The number of hydrogen-bond acceptors (Lipinski definition) is 20. The third-order valence-corrected chi connectivity index (χ3v) is 10.5. The predicted octanol–water partition coefficient (Wildman–Crippen LogP) is -2.79. The molecular weight excluding hydrogens is 826 g/mol. The molecule has 3 aliphatic rings. The highest BCUT2D eigenvalue weighted by molar-refractivity contribution is 9.10. The van der Waals surface area contributed by atoms with E-state index in [1.54, 1.807) is 0 Å². The summed E-state index contributed by atoms with van der Waals surface area (Å²) in [5.74, 6) is -0.636. The molecule has 4 unspecified atom stereocenters. The summed E-state index contributed by atoms with van der Waals surface area (Å²) in [6.07, 6.45) is -14.0. The van der Waals surface area contributed by atoms with Gasteiger partial charge >= 0.3 is 0 Å². The Labute approximate surface area is 280 Å². The molecule has 0 saturated carbocycles. The number of halogens is 2. The Morgan fingerprint density at radius 2 is 1.12 bits per heavy atom. The lowest BCUT2D eigenvalue weighted by molar-refractivity contribution is -0.244. The molecule has 7 heterocycles.